The van der Waals surface area contributed by atoms with Crippen molar-refractivity contribution in [1.82, 2.24) is 4.90 Å². The zero-order valence-corrected chi connectivity index (χ0v) is 20.5. The van der Waals surface area contributed by atoms with E-state index in [1.165, 1.54) is 4.90 Å². The Hall–Kier alpha value is -2.48. The van der Waals surface area contributed by atoms with Gasteiger partial charge in [-0.05, 0) is 24.0 Å². The second kappa shape index (κ2) is 11.8. The molecule has 0 radical (unpaired) electrons. The summed E-state index contributed by atoms with van der Waals surface area (Å²) in [6.45, 7) is -0.250. The number of rotatable bonds is 7. The van der Waals surface area contributed by atoms with Crippen LogP contribution in [0.1, 0.15) is 24.0 Å². The van der Waals surface area contributed by atoms with Crippen molar-refractivity contribution in [2.45, 2.75) is 29.8 Å². The lowest BCUT2D eigenvalue weighted by Gasteiger charge is -2.37. The lowest BCUT2D eigenvalue weighted by molar-refractivity contribution is -0.178. The molecule has 7 nitrogen and oxygen atoms in total. The number of nitrogens with zero attached hydrogens (tertiary/aromatic N) is 1. The topological polar surface area (TPSA) is 82.1 Å². The van der Waals surface area contributed by atoms with Crippen LogP contribution in [0.15, 0.2) is 60.7 Å². The lowest BCUT2D eigenvalue weighted by atomic mass is 9.78. The van der Waals surface area contributed by atoms with E-state index >= 15 is 0 Å². The zero-order valence-electron chi connectivity index (χ0n) is 18.3. The van der Waals surface area contributed by atoms with Crippen molar-refractivity contribution < 1.29 is 28.6 Å². The Kier molecular flexibility index (Phi) is 9.05. The van der Waals surface area contributed by atoms with Gasteiger partial charge in [0.15, 0.2) is 5.41 Å². The fourth-order valence-electron chi connectivity index (χ4n) is 3.52. The number of benzene rings is 2. The van der Waals surface area contributed by atoms with E-state index in [-0.39, 0.29) is 39.1 Å². The standard InChI is InChI=1S/C24H24Cl3NO6/c25-24(26,27)17-34-22(31)28-13-11-23(12-14-28,20(29)32-15-18-7-3-1-4-8-18)21(30)33-16-19-9-5-2-6-10-19/h1-10H,11-17H2. The Labute approximate surface area is 212 Å². The summed E-state index contributed by atoms with van der Waals surface area (Å²) in [4.78, 5) is 40.0. The molecule has 1 aliphatic heterocycles. The monoisotopic (exact) mass is 527 g/mol. The van der Waals surface area contributed by atoms with Gasteiger partial charge in [-0.15, -0.1) is 0 Å². The molecule has 182 valence electrons. The number of amides is 1. The van der Waals surface area contributed by atoms with Gasteiger partial charge < -0.3 is 19.1 Å². The van der Waals surface area contributed by atoms with E-state index in [0.29, 0.717) is 0 Å². The van der Waals surface area contributed by atoms with Crippen molar-refractivity contribution in [1.29, 1.82) is 0 Å². The van der Waals surface area contributed by atoms with Gasteiger partial charge in [0.2, 0.25) is 3.79 Å². The molecule has 0 bridgehead atoms. The van der Waals surface area contributed by atoms with Gasteiger partial charge in [0.1, 0.15) is 19.8 Å². The van der Waals surface area contributed by atoms with Crippen LogP contribution < -0.4 is 0 Å². The van der Waals surface area contributed by atoms with E-state index in [9.17, 15) is 14.4 Å². The zero-order chi connectivity index (χ0) is 24.6. The summed E-state index contributed by atoms with van der Waals surface area (Å²) in [6, 6.07) is 18.3. The average Bonchev–Trinajstić information content (AvgIpc) is 2.85. The summed E-state index contributed by atoms with van der Waals surface area (Å²) < 4.78 is 14.3. The molecule has 0 saturated carbocycles. The largest absolute Gasteiger partial charge is 0.460 e. The number of piperidine rings is 1. The Morgan fingerprint density at radius 3 is 1.62 bits per heavy atom. The van der Waals surface area contributed by atoms with Crippen molar-refractivity contribution in [3.8, 4) is 0 Å². The molecule has 1 heterocycles. The number of carbonyl (C=O) groups is 3. The van der Waals surface area contributed by atoms with Gasteiger partial charge in [0.05, 0.1) is 0 Å². The van der Waals surface area contributed by atoms with Crippen LogP contribution in [0.4, 0.5) is 4.79 Å². The number of ether oxygens (including phenoxy) is 3. The molecule has 2 aromatic carbocycles. The maximum absolute atomic E-state index is 13.2. The highest BCUT2D eigenvalue weighted by atomic mass is 35.6. The Bertz CT molecular complexity index is 916. The Balaban J connectivity index is 1.68. The normalized spacial score (nSPS) is 15.3. The number of halogens is 3. The molecule has 0 spiro atoms. The third-order valence-corrected chi connectivity index (χ3v) is 5.77. The summed E-state index contributed by atoms with van der Waals surface area (Å²) in [7, 11) is 0. The number of hydrogen-bond acceptors (Lipinski definition) is 6. The molecule has 3 rings (SSSR count). The van der Waals surface area contributed by atoms with Crippen LogP contribution in [-0.4, -0.2) is 46.4 Å². The van der Waals surface area contributed by atoms with Gasteiger partial charge in [0, 0.05) is 13.1 Å². The molecule has 1 amide bonds. The first-order valence-corrected chi connectivity index (χ1v) is 11.7. The van der Waals surface area contributed by atoms with E-state index in [2.05, 4.69) is 0 Å². The molecule has 0 aromatic heterocycles. The average molecular weight is 529 g/mol. The van der Waals surface area contributed by atoms with Gasteiger partial charge in [-0.1, -0.05) is 95.5 Å². The molecule has 0 unspecified atom stereocenters. The molecule has 0 atom stereocenters. The quantitative estimate of drug-likeness (QED) is 0.216. The number of hydrogen-bond donors (Lipinski definition) is 0. The summed E-state index contributed by atoms with van der Waals surface area (Å²) in [6.07, 6.45) is -0.677. The minimum Gasteiger partial charge on any atom is -0.460 e. The third-order valence-electron chi connectivity index (χ3n) is 5.44. The highest BCUT2D eigenvalue weighted by molar-refractivity contribution is 6.67. The number of esters is 2. The van der Waals surface area contributed by atoms with Crippen LogP contribution in [-0.2, 0) is 37.0 Å². The van der Waals surface area contributed by atoms with E-state index in [1.54, 1.807) is 0 Å². The predicted molar refractivity (Wildman–Crippen MR) is 127 cm³/mol. The molecule has 2 aromatic rings. The van der Waals surface area contributed by atoms with Crippen LogP contribution in [0, 0.1) is 5.41 Å². The molecular weight excluding hydrogens is 505 g/mol. The second-order valence-electron chi connectivity index (χ2n) is 7.86. The molecule has 0 N–H and O–H groups in total. The first kappa shape index (κ1) is 26.1. The first-order valence-electron chi connectivity index (χ1n) is 10.6. The highest BCUT2D eigenvalue weighted by Crippen LogP contribution is 2.36. The summed E-state index contributed by atoms with van der Waals surface area (Å²) in [5.41, 5.74) is 0.0305. The number of alkyl halides is 3. The fourth-order valence-corrected chi connectivity index (χ4v) is 3.68. The van der Waals surface area contributed by atoms with Gasteiger partial charge in [0.25, 0.3) is 0 Å². The summed E-state index contributed by atoms with van der Waals surface area (Å²) >= 11 is 16.9. The SMILES string of the molecule is O=C(OCC(Cl)(Cl)Cl)N1CCC(C(=O)OCc2ccccc2)(C(=O)OCc2ccccc2)CC1. The van der Waals surface area contributed by atoms with Crippen LogP contribution in [0.2, 0.25) is 0 Å². The fraction of sp³-hybridized carbons (Fsp3) is 0.375. The first-order chi connectivity index (χ1) is 16.2. The minimum atomic E-state index is -1.74. The molecule has 1 fully saturated rings. The van der Waals surface area contributed by atoms with Crippen molar-refractivity contribution in [3.05, 3.63) is 71.8 Å². The van der Waals surface area contributed by atoms with Crippen LogP contribution in [0.25, 0.3) is 0 Å². The smallest absolute Gasteiger partial charge is 0.409 e. The number of likely N-dealkylation sites (tertiary alicyclic amines) is 1. The Morgan fingerprint density at radius 1 is 0.765 bits per heavy atom. The van der Waals surface area contributed by atoms with Crippen molar-refractivity contribution in [2.24, 2.45) is 5.41 Å². The molecule has 10 heteroatoms. The van der Waals surface area contributed by atoms with Gasteiger partial charge >= 0.3 is 18.0 Å². The Morgan fingerprint density at radius 2 is 1.21 bits per heavy atom. The van der Waals surface area contributed by atoms with Crippen LogP contribution in [0.5, 0.6) is 0 Å². The van der Waals surface area contributed by atoms with Gasteiger partial charge in [-0.25, -0.2) is 4.79 Å². The predicted octanol–water partition coefficient (Wildman–Crippen LogP) is 5.06. The second-order valence-corrected chi connectivity index (χ2v) is 10.4. The molecule has 1 aliphatic rings. The lowest BCUT2D eigenvalue weighted by Crippen LogP contribution is -2.52. The molecule has 0 aliphatic carbocycles. The maximum Gasteiger partial charge on any atom is 0.409 e. The third kappa shape index (κ3) is 7.26. The minimum absolute atomic E-state index is 0.0110. The molecular formula is C24H24Cl3NO6. The van der Waals surface area contributed by atoms with Crippen molar-refractivity contribution in [2.75, 3.05) is 19.7 Å². The van der Waals surface area contributed by atoms with Crippen molar-refractivity contribution >= 4 is 52.8 Å². The summed E-state index contributed by atoms with van der Waals surface area (Å²) in [5.74, 6) is -1.38. The van der Waals surface area contributed by atoms with Gasteiger partial charge in [-0.2, -0.15) is 0 Å². The van der Waals surface area contributed by atoms with E-state index in [4.69, 9.17) is 49.0 Å². The summed E-state index contributed by atoms with van der Waals surface area (Å²) in [5, 5.41) is 0. The van der Waals surface area contributed by atoms with Gasteiger partial charge in [-0.3, -0.25) is 9.59 Å². The number of carbonyl (C=O) groups excluding carboxylic acids is 3. The van der Waals surface area contributed by atoms with Crippen LogP contribution >= 0.6 is 34.8 Å². The molecule has 1 saturated heterocycles. The highest BCUT2D eigenvalue weighted by Gasteiger charge is 2.51. The van der Waals surface area contributed by atoms with E-state index < -0.39 is 33.8 Å². The van der Waals surface area contributed by atoms with E-state index in [0.717, 1.165) is 11.1 Å². The maximum atomic E-state index is 13.2. The molecule has 34 heavy (non-hydrogen) atoms. The van der Waals surface area contributed by atoms with E-state index in [1.807, 2.05) is 60.7 Å². The van der Waals surface area contributed by atoms with Crippen molar-refractivity contribution in [3.63, 3.8) is 0 Å². The van der Waals surface area contributed by atoms with Crippen LogP contribution in [0.3, 0.4) is 0 Å².